The number of benzene rings is 2. The van der Waals surface area contributed by atoms with E-state index in [0.717, 1.165) is 12.1 Å². The SMILES string of the molecule is CCN(Cc1c(F)cccc1F)C(=O)C(O)c1cccc(OC)c1. The molecular weight excluding hydrogens is 316 g/mol. The van der Waals surface area contributed by atoms with Gasteiger partial charge in [0.15, 0.2) is 6.10 Å². The van der Waals surface area contributed by atoms with Crippen molar-refractivity contribution in [3.05, 3.63) is 65.2 Å². The second kappa shape index (κ2) is 7.88. The lowest BCUT2D eigenvalue weighted by atomic mass is 10.1. The molecule has 1 N–H and O–H groups in total. The molecule has 0 saturated heterocycles. The number of ether oxygens (including phenoxy) is 1. The molecule has 0 aliphatic rings. The zero-order valence-electron chi connectivity index (χ0n) is 13.5. The number of amides is 1. The molecule has 1 amide bonds. The molecule has 2 rings (SSSR count). The van der Waals surface area contributed by atoms with Crippen LogP contribution < -0.4 is 4.74 Å². The Morgan fingerprint density at radius 1 is 1.21 bits per heavy atom. The van der Waals surface area contributed by atoms with Crippen LogP contribution in [0.3, 0.4) is 0 Å². The molecular formula is C18H19F2NO3. The van der Waals surface area contributed by atoms with Gasteiger partial charge in [-0.2, -0.15) is 0 Å². The molecule has 24 heavy (non-hydrogen) atoms. The van der Waals surface area contributed by atoms with Crippen LogP contribution in [0.1, 0.15) is 24.2 Å². The van der Waals surface area contributed by atoms with Crippen LogP contribution in [0.15, 0.2) is 42.5 Å². The summed E-state index contributed by atoms with van der Waals surface area (Å²) in [5, 5.41) is 10.3. The lowest BCUT2D eigenvalue weighted by molar-refractivity contribution is -0.141. The Balaban J connectivity index is 2.21. The van der Waals surface area contributed by atoms with Gasteiger partial charge >= 0.3 is 0 Å². The first-order chi connectivity index (χ1) is 11.5. The van der Waals surface area contributed by atoms with Crippen molar-refractivity contribution in [1.29, 1.82) is 0 Å². The van der Waals surface area contributed by atoms with E-state index in [1.54, 1.807) is 31.2 Å². The van der Waals surface area contributed by atoms with Crippen molar-refractivity contribution in [3.63, 3.8) is 0 Å². The topological polar surface area (TPSA) is 49.8 Å². The van der Waals surface area contributed by atoms with Gasteiger partial charge in [0.1, 0.15) is 17.4 Å². The van der Waals surface area contributed by atoms with E-state index in [1.165, 1.54) is 18.1 Å². The lowest BCUT2D eigenvalue weighted by Gasteiger charge is -2.24. The van der Waals surface area contributed by atoms with Crippen LogP contribution >= 0.6 is 0 Å². The number of aliphatic hydroxyl groups is 1. The molecule has 0 aliphatic heterocycles. The monoisotopic (exact) mass is 335 g/mol. The first kappa shape index (κ1) is 17.9. The van der Waals surface area contributed by atoms with Crippen LogP contribution in [0.25, 0.3) is 0 Å². The molecule has 0 aromatic heterocycles. The summed E-state index contributed by atoms with van der Waals surface area (Å²) in [5.74, 6) is -1.58. The molecule has 2 aromatic rings. The van der Waals surface area contributed by atoms with E-state index in [0.29, 0.717) is 11.3 Å². The van der Waals surface area contributed by atoms with E-state index < -0.39 is 23.6 Å². The zero-order chi connectivity index (χ0) is 17.7. The minimum atomic E-state index is -1.44. The fourth-order valence-corrected chi connectivity index (χ4v) is 2.35. The van der Waals surface area contributed by atoms with E-state index in [2.05, 4.69) is 0 Å². The summed E-state index contributed by atoms with van der Waals surface area (Å²) in [6.07, 6.45) is -1.44. The van der Waals surface area contributed by atoms with E-state index in [-0.39, 0.29) is 18.7 Å². The second-order valence-corrected chi connectivity index (χ2v) is 5.23. The fraction of sp³-hybridized carbons (Fsp3) is 0.278. The molecule has 0 bridgehead atoms. The summed E-state index contributed by atoms with van der Waals surface area (Å²) >= 11 is 0. The fourth-order valence-electron chi connectivity index (χ4n) is 2.35. The van der Waals surface area contributed by atoms with E-state index in [9.17, 15) is 18.7 Å². The number of nitrogens with zero attached hydrogens (tertiary/aromatic N) is 1. The molecule has 0 saturated carbocycles. The minimum Gasteiger partial charge on any atom is -0.497 e. The van der Waals surface area contributed by atoms with Crippen molar-refractivity contribution < 1.29 is 23.4 Å². The van der Waals surface area contributed by atoms with Gasteiger partial charge in [-0.1, -0.05) is 18.2 Å². The molecule has 4 nitrogen and oxygen atoms in total. The molecule has 0 spiro atoms. The highest BCUT2D eigenvalue weighted by Gasteiger charge is 2.25. The van der Waals surface area contributed by atoms with Crippen molar-refractivity contribution in [2.75, 3.05) is 13.7 Å². The Hall–Kier alpha value is -2.47. The highest BCUT2D eigenvalue weighted by atomic mass is 19.1. The van der Waals surface area contributed by atoms with E-state index >= 15 is 0 Å². The molecule has 2 aromatic carbocycles. The van der Waals surface area contributed by atoms with Gasteiger partial charge in [0.2, 0.25) is 0 Å². The summed E-state index contributed by atoms with van der Waals surface area (Å²) in [7, 11) is 1.48. The van der Waals surface area contributed by atoms with Crippen LogP contribution in [0.2, 0.25) is 0 Å². The average molecular weight is 335 g/mol. The molecule has 6 heteroatoms. The predicted octanol–water partition coefficient (Wildman–Crippen LogP) is 3.06. The lowest BCUT2D eigenvalue weighted by Crippen LogP contribution is -2.35. The van der Waals surface area contributed by atoms with Gasteiger partial charge in [0.25, 0.3) is 5.91 Å². The smallest absolute Gasteiger partial charge is 0.256 e. The number of aliphatic hydroxyl groups excluding tert-OH is 1. The summed E-state index contributed by atoms with van der Waals surface area (Å²) in [6, 6.07) is 10.00. The minimum absolute atomic E-state index is 0.202. The van der Waals surface area contributed by atoms with Crippen molar-refractivity contribution >= 4 is 5.91 Å². The summed E-state index contributed by atoms with van der Waals surface area (Å²) in [6.45, 7) is 1.62. The van der Waals surface area contributed by atoms with Crippen LogP contribution in [0.4, 0.5) is 8.78 Å². The molecule has 1 unspecified atom stereocenters. The molecule has 1 atom stereocenters. The molecule has 0 aliphatic carbocycles. The third-order valence-electron chi connectivity index (χ3n) is 3.75. The van der Waals surface area contributed by atoms with Crippen LogP contribution in [0.5, 0.6) is 5.75 Å². The normalized spacial score (nSPS) is 11.9. The predicted molar refractivity (Wildman–Crippen MR) is 85.4 cm³/mol. The van der Waals surface area contributed by atoms with Crippen molar-refractivity contribution in [1.82, 2.24) is 4.90 Å². The van der Waals surface area contributed by atoms with Gasteiger partial charge in [0, 0.05) is 12.1 Å². The first-order valence-electron chi connectivity index (χ1n) is 7.51. The third-order valence-corrected chi connectivity index (χ3v) is 3.75. The number of rotatable bonds is 6. The number of carbonyl (C=O) groups excluding carboxylic acids is 1. The Kier molecular flexibility index (Phi) is 5.87. The summed E-state index contributed by atoms with van der Waals surface area (Å²) in [4.78, 5) is 13.7. The number of halogens is 2. The van der Waals surface area contributed by atoms with Crippen LogP contribution in [-0.2, 0) is 11.3 Å². The highest BCUT2D eigenvalue weighted by molar-refractivity contribution is 5.82. The second-order valence-electron chi connectivity index (χ2n) is 5.23. The number of hydrogen-bond donors (Lipinski definition) is 1. The van der Waals surface area contributed by atoms with Crippen molar-refractivity contribution in [3.8, 4) is 5.75 Å². The van der Waals surface area contributed by atoms with Crippen LogP contribution in [0, 0.1) is 11.6 Å². The average Bonchev–Trinajstić information content (AvgIpc) is 2.60. The van der Waals surface area contributed by atoms with Crippen LogP contribution in [-0.4, -0.2) is 29.6 Å². The largest absolute Gasteiger partial charge is 0.497 e. The maximum absolute atomic E-state index is 13.8. The maximum Gasteiger partial charge on any atom is 0.256 e. The number of hydrogen-bond acceptors (Lipinski definition) is 3. The molecule has 0 heterocycles. The van der Waals surface area contributed by atoms with E-state index in [1.807, 2.05) is 0 Å². The zero-order valence-corrected chi connectivity index (χ0v) is 13.5. The summed E-state index contributed by atoms with van der Waals surface area (Å²) < 4.78 is 32.6. The van der Waals surface area contributed by atoms with Gasteiger partial charge in [-0.15, -0.1) is 0 Å². The van der Waals surface area contributed by atoms with Gasteiger partial charge in [-0.25, -0.2) is 8.78 Å². The first-order valence-corrected chi connectivity index (χ1v) is 7.51. The number of methoxy groups -OCH3 is 1. The number of carbonyl (C=O) groups is 1. The van der Waals surface area contributed by atoms with Gasteiger partial charge < -0.3 is 14.7 Å². The molecule has 0 radical (unpaired) electrons. The Morgan fingerprint density at radius 3 is 2.42 bits per heavy atom. The maximum atomic E-state index is 13.8. The van der Waals surface area contributed by atoms with E-state index in [4.69, 9.17) is 4.74 Å². The Bertz CT molecular complexity index is 701. The van der Waals surface area contributed by atoms with Gasteiger partial charge in [0.05, 0.1) is 13.7 Å². The quantitative estimate of drug-likeness (QED) is 0.883. The van der Waals surface area contributed by atoms with Gasteiger partial charge in [-0.05, 0) is 36.8 Å². The number of likely N-dealkylation sites (N-methyl/N-ethyl adjacent to an activating group) is 1. The van der Waals surface area contributed by atoms with Crippen molar-refractivity contribution in [2.24, 2.45) is 0 Å². The third kappa shape index (κ3) is 3.89. The highest BCUT2D eigenvalue weighted by Crippen LogP contribution is 2.22. The Labute approximate surface area is 139 Å². The van der Waals surface area contributed by atoms with Crippen molar-refractivity contribution in [2.45, 2.75) is 19.6 Å². The van der Waals surface area contributed by atoms with Gasteiger partial charge in [-0.3, -0.25) is 4.79 Å². The molecule has 128 valence electrons. The Morgan fingerprint density at radius 2 is 1.83 bits per heavy atom. The summed E-state index contributed by atoms with van der Waals surface area (Å²) in [5.41, 5.74) is 0.150. The molecule has 0 fully saturated rings. The standard InChI is InChI=1S/C18H19F2NO3/c1-3-21(11-14-15(19)8-5-9-16(14)20)18(23)17(22)12-6-4-7-13(10-12)24-2/h4-10,17,22H,3,11H2,1-2H3.